The normalized spacial score (nSPS) is 24.4. The largest absolute Gasteiger partial charge is 0.492 e. The van der Waals surface area contributed by atoms with Crippen molar-refractivity contribution in [1.29, 1.82) is 0 Å². The van der Waals surface area contributed by atoms with Gasteiger partial charge < -0.3 is 10.1 Å². The highest BCUT2D eigenvalue weighted by Crippen LogP contribution is 2.43. The summed E-state index contributed by atoms with van der Waals surface area (Å²) in [4.78, 5) is 2.50. The summed E-state index contributed by atoms with van der Waals surface area (Å²) < 4.78 is 5.70. The van der Waals surface area contributed by atoms with Gasteiger partial charge in [0.25, 0.3) is 0 Å². The first-order valence-corrected chi connectivity index (χ1v) is 7.08. The lowest BCUT2D eigenvalue weighted by atomic mass is 9.98. The number of rotatable bonds is 1. The maximum Gasteiger partial charge on any atom is 0.144 e. The number of nitrogens with zero attached hydrogens (tertiary/aromatic N) is 1. The predicted octanol–water partition coefficient (Wildman–Crippen LogP) is 2.72. The Labute approximate surface area is 117 Å². The van der Waals surface area contributed by atoms with Crippen LogP contribution in [-0.4, -0.2) is 37.7 Å². The van der Waals surface area contributed by atoms with Crippen LogP contribution in [0.1, 0.15) is 18.0 Å². The van der Waals surface area contributed by atoms with Crippen LogP contribution >= 0.6 is 23.2 Å². The Morgan fingerprint density at radius 1 is 1.22 bits per heavy atom. The topological polar surface area (TPSA) is 24.5 Å². The zero-order valence-electron chi connectivity index (χ0n) is 10.1. The minimum atomic E-state index is 0.408. The number of nitrogens with one attached hydrogen (secondary N) is 1. The second kappa shape index (κ2) is 5.25. The number of ether oxygens (including phenoxy) is 1. The van der Waals surface area contributed by atoms with Gasteiger partial charge in [0.15, 0.2) is 0 Å². The molecule has 2 heterocycles. The van der Waals surface area contributed by atoms with Crippen LogP contribution in [0.15, 0.2) is 12.1 Å². The molecule has 1 aromatic carbocycles. The number of benzene rings is 1. The van der Waals surface area contributed by atoms with Crippen molar-refractivity contribution in [2.24, 2.45) is 0 Å². The van der Waals surface area contributed by atoms with Crippen LogP contribution in [0.3, 0.4) is 0 Å². The molecular formula is C13H16Cl2N2O. The summed E-state index contributed by atoms with van der Waals surface area (Å²) in [6.45, 7) is 4.96. The third-order valence-corrected chi connectivity index (χ3v) is 4.46. The van der Waals surface area contributed by atoms with Crippen molar-refractivity contribution >= 4 is 23.2 Å². The Bertz CT molecular complexity index is 447. The molecule has 2 aliphatic heterocycles. The summed E-state index contributed by atoms with van der Waals surface area (Å²) in [6.07, 6.45) is 1.02. The first-order valence-electron chi connectivity index (χ1n) is 6.33. The van der Waals surface area contributed by atoms with Crippen molar-refractivity contribution in [2.45, 2.75) is 12.5 Å². The molecule has 5 heteroatoms. The van der Waals surface area contributed by atoms with E-state index in [0.717, 1.165) is 38.3 Å². The Hall–Kier alpha value is -0.480. The second-order valence-corrected chi connectivity index (χ2v) is 5.50. The standard InChI is InChI=1S/C13H16Cl2N2O/c14-10-2-1-9-11(17-6-4-16-5-7-17)3-8-18-13(9)12(10)15/h1-2,11,16H,3-8H2. The van der Waals surface area contributed by atoms with Crippen molar-refractivity contribution in [3.8, 4) is 5.75 Å². The van der Waals surface area contributed by atoms with Gasteiger partial charge in [0.05, 0.1) is 11.6 Å². The highest BCUT2D eigenvalue weighted by atomic mass is 35.5. The molecule has 18 heavy (non-hydrogen) atoms. The van der Waals surface area contributed by atoms with E-state index in [4.69, 9.17) is 27.9 Å². The molecule has 0 bridgehead atoms. The average molecular weight is 287 g/mol. The Morgan fingerprint density at radius 2 is 2.00 bits per heavy atom. The van der Waals surface area contributed by atoms with Crippen molar-refractivity contribution in [3.63, 3.8) is 0 Å². The zero-order chi connectivity index (χ0) is 12.5. The van der Waals surface area contributed by atoms with Crippen LogP contribution in [-0.2, 0) is 0 Å². The minimum absolute atomic E-state index is 0.408. The van der Waals surface area contributed by atoms with E-state index < -0.39 is 0 Å². The molecule has 1 atom stereocenters. The smallest absolute Gasteiger partial charge is 0.144 e. The molecule has 0 radical (unpaired) electrons. The Balaban J connectivity index is 1.94. The average Bonchev–Trinajstić information content (AvgIpc) is 2.43. The summed E-state index contributed by atoms with van der Waals surface area (Å²) in [5.41, 5.74) is 1.18. The molecule has 1 fully saturated rings. The Morgan fingerprint density at radius 3 is 2.78 bits per heavy atom. The van der Waals surface area contributed by atoms with Crippen LogP contribution in [0.4, 0.5) is 0 Å². The van der Waals surface area contributed by atoms with E-state index in [1.807, 2.05) is 6.07 Å². The molecule has 3 nitrogen and oxygen atoms in total. The van der Waals surface area contributed by atoms with Crippen molar-refractivity contribution in [3.05, 3.63) is 27.7 Å². The quantitative estimate of drug-likeness (QED) is 0.859. The fourth-order valence-electron chi connectivity index (χ4n) is 2.76. The van der Waals surface area contributed by atoms with Gasteiger partial charge in [-0.25, -0.2) is 0 Å². The molecule has 0 aromatic heterocycles. The molecule has 0 amide bonds. The number of fused-ring (bicyclic) bond motifs is 1. The summed E-state index contributed by atoms with van der Waals surface area (Å²) in [7, 11) is 0. The highest BCUT2D eigenvalue weighted by Gasteiger charge is 2.29. The molecule has 1 saturated heterocycles. The molecule has 0 aliphatic carbocycles. The fourth-order valence-corrected chi connectivity index (χ4v) is 3.13. The van der Waals surface area contributed by atoms with Gasteiger partial charge in [0, 0.05) is 44.2 Å². The molecule has 98 valence electrons. The molecule has 0 spiro atoms. The van der Waals surface area contributed by atoms with Crippen LogP contribution in [0.5, 0.6) is 5.75 Å². The van der Waals surface area contributed by atoms with Crippen molar-refractivity contribution in [1.82, 2.24) is 10.2 Å². The van der Waals surface area contributed by atoms with Gasteiger partial charge >= 0.3 is 0 Å². The van der Waals surface area contributed by atoms with Gasteiger partial charge in [-0.2, -0.15) is 0 Å². The van der Waals surface area contributed by atoms with Crippen LogP contribution in [0.25, 0.3) is 0 Å². The number of hydrogen-bond acceptors (Lipinski definition) is 3. The summed E-state index contributed by atoms with van der Waals surface area (Å²) in [6, 6.07) is 4.33. The van der Waals surface area contributed by atoms with Gasteiger partial charge in [-0.3, -0.25) is 4.90 Å². The SMILES string of the molecule is Clc1ccc2c(c1Cl)OCCC2N1CCNCC1. The first kappa shape index (κ1) is 12.5. The molecule has 1 N–H and O–H groups in total. The van der Waals surface area contributed by atoms with E-state index in [2.05, 4.69) is 16.3 Å². The van der Waals surface area contributed by atoms with Gasteiger partial charge in [-0.1, -0.05) is 29.3 Å². The van der Waals surface area contributed by atoms with Crippen LogP contribution < -0.4 is 10.1 Å². The predicted molar refractivity (Wildman–Crippen MR) is 73.8 cm³/mol. The molecular weight excluding hydrogens is 271 g/mol. The van der Waals surface area contributed by atoms with Crippen molar-refractivity contribution in [2.75, 3.05) is 32.8 Å². The summed E-state index contributed by atoms with van der Waals surface area (Å²) in [5.74, 6) is 0.777. The van der Waals surface area contributed by atoms with Crippen molar-refractivity contribution < 1.29 is 4.74 Å². The first-order chi connectivity index (χ1) is 8.77. The molecule has 3 rings (SSSR count). The number of hydrogen-bond donors (Lipinski definition) is 1. The van der Waals surface area contributed by atoms with Crippen LogP contribution in [0, 0.1) is 0 Å². The minimum Gasteiger partial charge on any atom is -0.492 e. The zero-order valence-corrected chi connectivity index (χ0v) is 11.6. The second-order valence-electron chi connectivity index (χ2n) is 4.72. The van der Waals surface area contributed by atoms with Gasteiger partial charge in [-0.05, 0) is 6.07 Å². The molecule has 1 aromatic rings. The number of halogens is 2. The van der Waals surface area contributed by atoms with E-state index in [-0.39, 0.29) is 0 Å². The van der Waals surface area contributed by atoms with E-state index in [9.17, 15) is 0 Å². The van der Waals surface area contributed by atoms with Gasteiger partial charge in [0.2, 0.25) is 0 Å². The fraction of sp³-hybridized carbons (Fsp3) is 0.538. The van der Waals surface area contributed by atoms with E-state index in [1.54, 1.807) is 0 Å². The lowest BCUT2D eigenvalue weighted by Gasteiger charge is -2.38. The number of piperazine rings is 1. The van der Waals surface area contributed by atoms with E-state index >= 15 is 0 Å². The maximum absolute atomic E-state index is 6.23. The summed E-state index contributed by atoms with van der Waals surface area (Å²) >= 11 is 12.3. The molecule has 0 saturated carbocycles. The lowest BCUT2D eigenvalue weighted by Crippen LogP contribution is -2.46. The monoisotopic (exact) mass is 286 g/mol. The maximum atomic E-state index is 6.23. The van der Waals surface area contributed by atoms with Crippen LogP contribution in [0.2, 0.25) is 10.0 Å². The highest BCUT2D eigenvalue weighted by molar-refractivity contribution is 6.43. The molecule has 2 aliphatic rings. The third-order valence-electron chi connectivity index (χ3n) is 3.67. The van der Waals surface area contributed by atoms with E-state index in [0.29, 0.717) is 22.7 Å². The van der Waals surface area contributed by atoms with E-state index in [1.165, 1.54) is 5.56 Å². The van der Waals surface area contributed by atoms with Gasteiger partial charge in [0.1, 0.15) is 10.8 Å². The third kappa shape index (κ3) is 2.21. The Kier molecular flexibility index (Phi) is 3.66. The summed E-state index contributed by atoms with van der Waals surface area (Å²) in [5, 5.41) is 4.49. The lowest BCUT2D eigenvalue weighted by molar-refractivity contribution is 0.126. The molecule has 1 unspecified atom stereocenters. The van der Waals surface area contributed by atoms with Gasteiger partial charge in [-0.15, -0.1) is 0 Å².